The van der Waals surface area contributed by atoms with Crippen molar-refractivity contribution in [1.82, 2.24) is 9.80 Å². The fraction of sp³-hybridized carbons (Fsp3) is 0.905. The number of amides is 2. The molecule has 2 atom stereocenters. The van der Waals surface area contributed by atoms with Gasteiger partial charge in [-0.1, -0.05) is 32.1 Å². The van der Waals surface area contributed by atoms with Gasteiger partial charge in [-0.05, 0) is 50.9 Å². The lowest BCUT2D eigenvalue weighted by molar-refractivity contribution is -0.138. The van der Waals surface area contributed by atoms with Crippen LogP contribution in [0.4, 0.5) is 0 Å². The lowest BCUT2D eigenvalue weighted by Crippen LogP contribution is -2.49. The predicted molar refractivity (Wildman–Crippen MR) is 100 cm³/mol. The minimum Gasteiger partial charge on any atom is -0.343 e. The lowest BCUT2D eigenvalue weighted by atomic mass is 9.78. The Labute approximate surface area is 153 Å². The highest BCUT2D eigenvalue weighted by Crippen LogP contribution is 2.35. The second-order valence-electron chi connectivity index (χ2n) is 8.34. The summed E-state index contributed by atoms with van der Waals surface area (Å²) in [5.74, 6) is 1.31. The quantitative estimate of drug-likeness (QED) is 0.766. The first kappa shape index (κ1) is 18.7. The zero-order chi connectivity index (χ0) is 17.5. The van der Waals surface area contributed by atoms with Crippen molar-refractivity contribution in [2.75, 3.05) is 19.6 Å². The third-order valence-electron chi connectivity index (χ3n) is 6.55. The standard InChI is InChI=1S/C21H36N2O2/c24-20(22-15-6-2-1-3-7-16-22)13-8-14-21(25)23-17-9-11-18-10-4-5-12-19(18)23/h18-19H,1-17H2. The molecule has 0 bridgehead atoms. The van der Waals surface area contributed by atoms with Crippen LogP contribution in [0, 0.1) is 5.92 Å². The molecular weight excluding hydrogens is 312 g/mol. The van der Waals surface area contributed by atoms with Crippen molar-refractivity contribution in [3.8, 4) is 0 Å². The highest BCUT2D eigenvalue weighted by Gasteiger charge is 2.35. The maximum absolute atomic E-state index is 12.7. The van der Waals surface area contributed by atoms with Gasteiger partial charge in [0.25, 0.3) is 0 Å². The largest absolute Gasteiger partial charge is 0.343 e. The van der Waals surface area contributed by atoms with Gasteiger partial charge in [0.05, 0.1) is 0 Å². The second-order valence-corrected chi connectivity index (χ2v) is 8.34. The SMILES string of the molecule is O=C(CCCC(=O)N1CCCC2CCCCC21)N1CCCCCCC1. The summed E-state index contributed by atoms with van der Waals surface area (Å²) in [6.45, 7) is 2.78. The molecule has 3 rings (SSSR count). The smallest absolute Gasteiger partial charge is 0.222 e. The topological polar surface area (TPSA) is 40.6 Å². The molecule has 1 saturated carbocycles. The van der Waals surface area contributed by atoms with Gasteiger partial charge in [-0.2, -0.15) is 0 Å². The van der Waals surface area contributed by atoms with Crippen LogP contribution < -0.4 is 0 Å². The van der Waals surface area contributed by atoms with Crippen LogP contribution in [-0.4, -0.2) is 47.3 Å². The summed E-state index contributed by atoms with van der Waals surface area (Å²) < 4.78 is 0. The number of rotatable bonds is 4. The van der Waals surface area contributed by atoms with Gasteiger partial charge in [-0.25, -0.2) is 0 Å². The summed E-state index contributed by atoms with van der Waals surface area (Å²) in [5, 5.41) is 0. The maximum atomic E-state index is 12.7. The van der Waals surface area contributed by atoms with Crippen LogP contribution in [0.25, 0.3) is 0 Å². The first-order chi connectivity index (χ1) is 12.3. The van der Waals surface area contributed by atoms with E-state index in [1.807, 2.05) is 4.90 Å². The van der Waals surface area contributed by atoms with E-state index in [2.05, 4.69) is 4.90 Å². The molecule has 2 saturated heterocycles. The Morgan fingerprint density at radius 2 is 1.32 bits per heavy atom. The molecule has 2 heterocycles. The molecule has 4 nitrogen and oxygen atoms in total. The van der Waals surface area contributed by atoms with Crippen molar-refractivity contribution >= 4 is 11.8 Å². The predicted octanol–water partition coefficient (Wildman–Crippen LogP) is 4.13. The van der Waals surface area contributed by atoms with Crippen LogP contribution >= 0.6 is 0 Å². The van der Waals surface area contributed by atoms with Gasteiger partial charge in [0, 0.05) is 38.5 Å². The van der Waals surface area contributed by atoms with Crippen LogP contribution in [0.3, 0.4) is 0 Å². The monoisotopic (exact) mass is 348 g/mol. The molecule has 2 unspecified atom stereocenters. The van der Waals surface area contributed by atoms with Crippen molar-refractivity contribution < 1.29 is 9.59 Å². The Hall–Kier alpha value is -1.06. The molecule has 1 aliphatic carbocycles. The van der Waals surface area contributed by atoms with Crippen molar-refractivity contribution in [1.29, 1.82) is 0 Å². The number of likely N-dealkylation sites (tertiary alicyclic amines) is 2. The molecule has 3 aliphatic rings. The Morgan fingerprint density at radius 3 is 2.12 bits per heavy atom. The molecule has 2 aliphatic heterocycles. The van der Waals surface area contributed by atoms with Crippen LogP contribution in [0.1, 0.15) is 89.9 Å². The molecule has 2 amide bonds. The van der Waals surface area contributed by atoms with E-state index >= 15 is 0 Å². The van der Waals surface area contributed by atoms with Gasteiger partial charge in [-0.15, -0.1) is 0 Å². The van der Waals surface area contributed by atoms with Crippen LogP contribution in [-0.2, 0) is 9.59 Å². The van der Waals surface area contributed by atoms with E-state index in [0.717, 1.165) is 44.8 Å². The minimum absolute atomic E-state index is 0.267. The highest BCUT2D eigenvalue weighted by atomic mass is 16.2. The van der Waals surface area contributed by atoms with E-state index in [1.54, 1.807) is 0 Å². The van der Waals surface area contributed by atoms with Crippen LogP contribution in [0.5, 0.6) is 0 Å². The maximum Gasteiger partial charge on any atom is 0.222 e. The summed E-state index contributed by atoms with van der Waals surface area (Å²) in [5.41, 5.74) is 0. The number of hydrogen-bond acceptors (Lipinski definition) is 2. The van der Waals surface area contributed by atoms with E-state index in [0.29, 0.717) is 24.8 Å². The molecule has 3 fully saturated rings. The molecule has 142 valence electrons. The molecule has 4 heteroatoms. The Kier molecular flexibility index (Phi) is 7.18. The summed E-state index contributed by atoms with van der Waals surface area (Å²) in [4.78, 5) is 29.4. The van der Waals surface area contributed by atoms with Crippen molar-refractivity contribution in [3.63, 3.8) is 0 Å². The number of carbonyl (C=O) groups excluding carboxylic acids is 2. The molecule has 25 heavy (non-hydrogen) atoms. The van der Waals surface area contributed by atoms with E-state index < -0.39 is 0 Å². The van der Waals surface area contributed by atoms with Crippen molar-refractivity contribution in [3.05, 3.63) is 0 Å². The third-order valence-corrected chi connectivity index (χ3v) is 6.55. The fourth-order valence-corrected chi connectivity index (χ4v) is 5.12. The summed E-state index contributed by atoms with van der Waals surface area (Å²) >= 11 is 0. The van der Waals surface area contributed by atoms with E-state index in [9.17, 15) is 9.59 Å². The van der Waals surface area contributed by atoms with Gasteiger partial charge < -0.3 is 9.80 Å². The van der Waals surface area contributed by atoms with Gasteiger partial charge in [0.15, 0.2) is 0 Å². The Morgan fingerprint density at radius 1 is 0.680 bits per heavy atom. The fourth-order valence-electron chi connectivity index (χ4n) is 5.12. The van der Waals surface area contributed by atoms with Crippen molar-refractivity contribution in [2.45, 2.75) is 95.9 Å². The summed E-state index contributed by atoms with van der Waals surface area (Å²) in [7, 11) is 0. The number of fused-ring (bicyclic) bond motifs is 1. The number of hydrogen-bond donors (Lipinski definition) is 0. The summed E-state index contributed by atoms with van der Waals surface area (Å²) in [6, 6.07) is 0.500. The average Bonchev–Trinajstić information content (AvgIpc) is 2.60. The van der Waals surface area contributed by atoms with Crippen molar-refractivity contribution in [2.24, 2.45) is 5.92 Å². The number of carbonyl (C=O) groups is 2. The molecule has 0 radical (unpaired) electrons. The zero-order valence-electron chi connectivity index (χ0n) is 15.9. The third kappa shape index (κ3) is 5.21. The number of nitrogens with zero attached hydrogens (tertiary/aromatic N) is 2. The summed E-state index contributed by atoms with van der Waals surface area (Å²) in [6.07, 6.45) is 15.5. The Balaban J connectivity index is 1.41. The zero-order valence-corrected chi connectivity index (χ0v) is 15.9. The van der Waals surface area contributed by atoms with Gasteiger partial charge in [-0.3, -0.25) is 9.59 Å². The van der Waals surface area contributed by atoms with Gasteiger partial charge in [0.2, 0.25) is 11.8 Å². The molecule has 0 aromatic rings. The number of piperidine rings is 1. The first-order valence-electron chi connectivity index (χ1n) is 10.8. The van der Waals surface area contributed by atoms with E-state index in [-0.39, 0.29) is 5.91 Å². The second kappa shape index (κ2) is 9.59. The highest BCUT2D eigenvalue weighted by molar-refractivity contribution is 5.79. The molecule has 0 aromatic carbocycles. The van der Waals surface area contributed by atoms with E-state index in [1.165, 1.54) is 57.8 Å². The normalized spacial score (nSPS) is 28.0. The van der Waals surface area contributed by atoms with Gasteiger partial charge >= 0.3 is 0 Å². The molecule has 0 N–H and O–H groups in total. The van der Waals surface area contributed by atoms with Gasteiger partial charge in [0.1, 0.15) is 0 Å². The van der Waals surface area contributed by atoms with Crippen LogP contribution in [0.2, 0.25) is 0 Å². The van der Waals surface area contributed by atoms with E-state index in [4.69, 9.17) is 0 Å². The molecule has 0 aromatic heterocycles. The minimum atomic E-state index is 0.267. The Bertz CT molecular complexity index is 441. The first-order valence-corrected chi connectivity index (χ1v) is 10.8. The lowest BCUT2D eigenvalue weighted by Gasteiger charge is -2.44. The van der Waals surface area contributed by atoms with Crippen LogP contribution in [0.15, 0.2) is 0 Å². The molecular formula is C21H36N2O2. The molecule has 0 spiro atoms. The average molecular weight is 349 g/mol.